The van der Waals surface area contributed by atoms with Crippen LogP contribution in [0.1, 0.15) is 78.9 Å². The van der Waals surface area contributed by atoms with Crippen molar-refractivity contribution in [1.82, 2.24) is 19.2 Å². The highest BCUT2D eigenvalue weighted by Crippen LogP contribution is 2.46. The van der Waals surface area contributed by atoms with E-state index in [1.807, 2.05) is 48.1 Å². The van der Waals surface area contributed by atoms with Gasteiger partial charge in [-0.15, -0.1) is 0 Å². The summed E-state index contributed by atoms with van der Waals surface area (Å²) < 4.78 is 10.3. The minimum absolute atomic E-state index is 0.234. The Hall–Kier alpha value is -3.81. The van der Waals surface area contributed by atoms with E-state index in [0.717, 1.165) is 94.3 Å². The van der Waals surface area contributed by atoms with Gasteiger partial charge in [0.1, 0.15) is 11.4 Å². The van der Waals surface area contributed by atoms with E-state index in [1.54, 1.807) is 0 Å². The van der Waals surface area contributed by atoms with Gasteiger partial charge in [0, 0.05) is 41.2 Å². The minimum Gasteiger partial charge on any atom is -0.493 e. The molecule has 0 spiro atoms. The Balaban J connectivity index is 1.34. The molecule has 0 saturated carbocycles. The number of carboxylic acids is 1. The van der Waals surface area contributed by atoms with Crippen molar-refractivity contribution < 1.29 is 14.6 Å². The fourth-order valence-corrected chi connectivity index (χ4v) is 8.10. The van der Waals surface area contributed by atoms with Gasteiger partial charge in [0.05, 0.1) is 28.9 Å². The van der Waals surface area contributed by atoms with E-state index >= 15 is 0 Å². The number of rotatable bonds is 7. The van der Waals surface area contributed by atoms with Crippen LogP contribution in [-0.4, -0.2) is 50.0 Å². The second kappa shape index (κ2) is 12.5. The Morgan fingerprint density at radius 3 is 2.58 bits per heavy atom. The number of aromatic carboxylic acids is 1. The van der Waals surface area contributed by atoms with Crippen LogP contribution in [0.3, 0.4) is 0 Å². The van der Waals surface area contributed by atoms with E-state index in [2.05, 4.69) is 34.6 Å². The third-order valence-electron chi connectivity index (χ3n) is 9.84. The smallest absolute Gasteiger partial charge is 0.352 e. The molecular weight excluding hydrogens is 584 g/mol. The number of carbonyl (C=O) groups is 1. The molecule has 1 atom stereocenters. The Labute approximate surface area is 269 Å². The number of piperidine rings is 1. The van der Waals surface area contributed by atoms with Gasteiger partial charge in [-0.05, 0) is 81.1 Å². The summed E-state index contributed by atoms with van der Waals surface area (Å²) >= 11 is 7.16. The second-order valence-electron chi connectivity index (χ2n) is 12.5. The van der Waals surface area contributed by atoms with Gasteiger partial charge in [-0.1, -0.05) is 67.4 Å². The molecule has 0 bridgehead atoms. The Kier molecular flexibility index (Phi) is 8.32. The maximum absolute atomic E-state index is 13.1. The normalized spacial score (nSPS) is 17.2. The van der Waals surface area contributed by atoms with E-state index in [9.17, 15) is 9.90 Å². The Morgan fingerprint density at radius 2 is 1.76 bits per heavy atom. The van der Waals surface area contributed by atoms with Crippen LogP contribution in [0.2, 0.25) is 5.02 Å². The lowest BCUT2D eigenvalue weighted by molar-refractivity contribution is 0.0684. The molecule has 0 radical (unpaired) electrons. The molecule has 4 heterocycles. The van der Waals surface area contributed by atoms with Gasteiger partial charge in [0.25, 0.3) is 0 Å². The van der Waals surface area contributed by atoms with Crippen LogP contribution in [0.15, 0.2) is 54.6 Å². The molecule has 8 heteroatoms. The zero-order chi connectivity index (χ0) is 31.1. The third-order valence-corrected chi connectivity index (χ3v) is 10.2. The molecule has 7 rings (SSSR count). The molecule has 2 aromatic heterocycles. The van der Waals surface area contributed by atoms with E-state index in [-0.39, 0.29) is 6.04 Å². The van der Waals surface area contributed by atoms with Gasteiger partial charge in [-0.3, -0.25) is 9.58 Å². The van der Waals surface area contributed by atoms with Crippen molar-refractivity contribution in [2.45, 2.75) is 70.9 Å². The molecule has 45 heavy (non-hydrogen) atoms. The van der Waals surface area contributed by atoms with Gasteiger partial charge in [0.15, 0.2) is 0 Å². The monoisotopic (exact) mass is 624 g/mol. The number of halogens is 1. The molecule has 3 aromatic carbocycles. The number of ether oxygens (including phenoxy) is 1. The summed E-state index contributed by atoms with van der Waals surface area (Å²) in [5.41, 5.74) is 6.41. The number of aryl methyl sites for hydroxylation is 3. The number of benzene rings is 3. The minimum atomic E-state index is -0.896. The van der Waals surface area contributed by atoms with Crippen molar-refractivity contribution in [1.29, 1.82) is 0 Å². The summed E-state index contributed by atoms with van der Waals surface area (Å²) in [6.07, 6.45) is 7.45. The standard InChI is InChI=1S/C37H41ClN4O3/c1-3-29-33-32-28(38)19-18-27-26(15-11-23-45-31-17-10-13-24-12-4-5-14-25(24)31)36(37(43)44)42(35(27)32)22-9-8-21-41-20-7-6-16-30(41)34(33)39-40(29)2/h4-5,10,12-14,17-19,30H,3,6-9,11,15-16,20-23H2,1-2H3,(H,43,44). The molecule has 0 amide bonds. The summed E-state index contributed by atoms with van der Waals surface area (Å²) in [5.74, 6) is -0.0434. The summed E-state index contributed by atoms with van der Waals surface area (Å²) in [6, 6.07) is 18.5. The maximum atomic E-state index is 13.1. The highest BCUT2D eigenvalue weighted by molar-refractivity contribution is 6.35. The zero-order valence-electron chi connectivity index (χ0n) is 26.2. The van der Waals surface area contributed by atoms with Crippen LogP contribution in [0, 0.1) is 0 Å². The maximum Gasteiger partial charge on any atom is 0.352 e. The van der Waals surface area contributed by atoms with Gasteiger partial charge in [-0.2, -0.15) is 5.10 Å². The molecule has 1 fully saturated rings. The van der Waals surface area contributed by atoms with Crippen molar-refractivity contribution in [2.24, 2.45) is 7.05 Å². The van der Waals surface area contributed by atoms with Gasteiger partial charge < -0.3 is 14.4 Å². The van der Waals surface area contributed by atoms with Crippen LogP contribution in [0.25, 0.3) is 32.8 Å². The first-order chi connectivity index (χ1) is 22.0. The average Bonchev–Trinajstić information content (AvgIpc) is 3.54. The third kappa shape index (κ3) is 5.30. The van der Waals surface area contributed by atoms with Crippen LogP contribution < -0.4 is 4.74 Å². The van der Waals surface area contributed by atoms with Crippen molar-refractivity contribution in [3.05, 3.63) is 82.3 Å². The fraction of sp³-hybridized carbons (Fsp3) is 0.405. The highest BCUT2D eigenvalue weighted by Gasteiger charge is 2.34. The lowest BCUT2D eigenvalue weighted by Gasteiger charge is -2.35. The first kappa shape index (κ1) is 29.9. The van der Waals surface area contributed by atoms with Crippen LogP contribution in [0.4, 0.5) is 0 Å². The second-order valence-corrected chi connectivity index (χ2v) is 12.9. The highest BCUT2D eigenvalue weighted by atomic mass is 35.5. The van der Waals surface area contributed by atoms with E-state index in [0.29, 0.717) is 36.7 Å². The van der Waals surface area contributed by atoms with Gasteiger partial charge in [0.2, 0.25) is 0 Å². The van der Waals surface area contributed by atoms with Gasteiger partial charge in [-0.25, -0.2) is 4.79 Å². The molecule has 234 valence electrons. The molecule has 1 saturated heterocycles. The predicted octanol–water partition coefficient (Wildman–Crippen LogP) is 8.44. The average molecular weight is 625 g/mol. The van der Waals surface area contributed by atoms with Crippen LogP contribution >= 0.6 is 11.6 Å². The van der Waals surface area contributed by atoms with Crippen LogP contribution in [0.5, 0.6) is 5.75 Å². The molecular formula is C37H41ClN4O3. The number of carboxylic acid groups (broad SMARTS) is 1. The molecule has 5 aromatic rings. The Morgan fingerprint density at radius 1 is 0.978 bits per heavy atom. The molecule has 1 N–H and O–H groups in total. The van der Waals surface area contributed by atoms with E-state index in [4.69, 9.17) is 21.4 Å². The van der Waals surface area contributed by atoms with Crippen molar-refractivity contribution in [2.75, 3.05) is 19.7 Å². The first-order valence-electron chi connectivity index (χ1n) is 16.5. The number of aromatic nitrogens is 3. The van der Waals surface area contributed by atoms with Gasteiger partial charge >= 0.3 is 5.97 Å². The summed E-state index contributed by atoms with van der Waals surface area (Å²) in [4.78, 5) is 15.7. The van der Waals surface area contributed by atoms with Crippen molar-refractivity contribution in [3.8, 4) is 16.9 Å². The number of hydrogen-bond acceptors (Lipinski definition) is 4. The van der Waals surface area contributed by atoms with E-state index < -0.39 is 5.97 Å². The van der Waals surface area contributed by atoms with Crippen molar-refractivity contribution >= 4 is 39.2 Å². The zero-order valence-corrected chi connectivity index (χ0v) is 26.9. The Bertz CT molecular complexity index is 1880. The lowest BCUT2D eigenvalue weighted by atomic mass is 9.91. The SMILES string of the molecule is CCc1c2c(nn1C)C1CCCCN1CCCCn1c(C(=O)O)c(CCCOc3cccc4ccccc34)c3ccc(Cl)c-2c31. The fourth-order valence-electron chi connectivity index (χ4n) is 7.85. The molecule has 2 aliphatic heterocycles. The summed E-state index contributed by atoms with van der Waals surface area (Å²) in [5, 5.41) is 19.7. The lowest BCUT2D eigenvalue weighted by Crippen LogP contribution is -2.34. The molecule has 0 aliphatic carbocycles. The molecule has 2 aliphatic rings. The number of hydrogen-bond donors (Lipinski definition) is 1. The summed E-state index contributed by atoms with van der Waals surface area (Å²) in [7, 11) is 2.03. The van der Waals surface area contributed by atoms with E-state index in [1.165, 1.54) is 12.8 Å². The number of nitrogens with zero attached hydrogens (tertiary/aromatic N) is 4. The van der Waals surface area contributed by atoms with Crippen LogP contribution in [-0.2, 0) is 26.4 Å². The molecule has 7 nitrogen and oxygen atoms in total. The topological polar surface area (TPSA) is 72.5 Å². The number of fused-ring (bicyclic) bond motifs is 5. The summed E-state index contributed by atoms with van der Waals surface area (Å²) in [6.45, 7) is 5.34. The quantitative estimate of drug-likeness (QED) is 0.184. The first-order valence-corrected chi connectivity index (χ1v) is 16.8. The largest absolute Gasteiger partial charge is 0.493 e. The predicted molar refractivity (Wildman–Crippen MR) is 181 cm³/mol. The van der Waals surface area contributed by atoms with Crippen molar-refractivity contribution in [3.63, 3.8) is 0 Å². The molecule has 1 unspecified atom stereocenters.